The van der Waals surface area contributed by atoms with Crippen LogP contribution in [0.15, 0.2) is 30.3 Å². The summed E-state index contributed by atoms with van der Waals surface area (Å²) >= 11 is 5.80. The van der Waals surface area contributed by atoms with Gasteiger partial charge in [0.25, 0.3) is 0 Å². The molecule has 0 aromatic heterocycles. The van der Waals surface area contributed by atoms with Crippen LogP contribution in [0.1, 0.15) is 19.8 Å². The number of rotatable bonds is 7. The second-order valence-electron chi connectivity index (χ2n) is 3.94. The Morgan fingerprint density at radius 1 is 1.41 bits per heavy atom. The molecule has 3 nitrogen and oxygen atoms in total. The van der Waals surface area contributed by atoms with Gasteiger partial charge in [-0.1, -0.05) is 31.5 Å². The van der Waals surface area contributed by atoms with E-state index in [1.165, 1.54) is 0 Å². The fourth-order valence-electron chi connectivity index (χ4n) is 1.59. The minimum absolute atomic E-state index is 0.334. The molecule has 4 heteroatoms. The number of hydrogen-bond donors (Lipinski definition) is 1. The first-order chi connectivity index (χ1) is 8.15. The molecule has 0 saturated carbocycles. The van der Waals surface area contributed by atoms with Crippen molar-refractivity contribution in [3.8, 4) is 0 Å². The van der Waals surface area contributed by atoms with Crippen molar-refractivity contribution in [3.63, 3.8) is 0 Å². The minimum atomic E-state index is -0.968. The number of carbonyl (C=O) groups is 1. The molecule has 0 spiro atoms. The lowest BCUT2D eigenvalue weighted by Gasteiger charge is -2.25. The number of unbranched alkanes of at least 4 members (excludes halogenated alkanes) is 1. The molecular weight excluding hydrogens is 238 g/mol. The summed E-state index contributed by atoms with van der Waals surface area (Å²) in [4.78, 5) is 12.8. The molecule has 1 aromatic rings. The monoisotopic (exact) mass is 255 g/mol. The van der Waals surface area contributed by atoms with E-state index < -0.39 is 11.3 Å². The molecule has 1 atom stereocenters. The van der Waals surface area contributed by atoms with Crippen LogP contribution in [0.2, 0.25) is 0 Å². The normalized spacial score (nSPS) is 12.1. The van der Waals surface area contributed by atoms with Crippen molar-refractivity contribution in [3.05, 3.63) is 30.3 Å². The molecule has 0 aliphatic carbocycles. The van der Waals surface area contributed by atoms with Gasteiger partial charge in [-0.15, -0.1) is 11.6 Å². The number of carboxylic acids is 1. The van der Waals surface area contributed by atoms with E-state index in [-0.39, 0.29) is 0 Å². The van der Waals surface area contributed by atoms with Crippen LogP contribution in [0, 0.1) is 0 Å². The predicted molar refractivity (Wildman–Crippen MR) is 70.8 cm³/mol. The number of hydrogen-bond acceptors (Lipinski definition) is 2. The molecule has 0 radical (unpaired) electrons. The van der Waals surface area contributed by atoms with E-state index in [0.717, 1.165) is 25.1 Å². The lowest BCUT2D eigenvalue weighted by Crippen LogP contribution is -2.34. The van der Waals surface area contributed by atoms with Crippen molar-refractivity contribution in [2.75, 3.05) is 18.0 Å². The Morgan fingerprint density at radius 3 is 2.59 bits per heavy atom. The minimum Gasteiger partial charge on any atom is -0.480 e. The molecule has 94 valence electrons. The highest BCUT2D eigenvalue weighted by atomic mass is 35.5. The molecule has 1 N–H and O–H groups in total. The van der Waals surface area contributed by atoms with Crippen molar-refractivity contribution in [1.82, 2.24) is 0 Å². The second-order valence-corrected chi connectivity index (χ2v) is 4.47. The molecule has 0 heterocycles. The first-order valence-electron chi connectivity index (χ1n) is 5.82. The van der Waals surface area contributed by atoms with Crippen LogP contribution in [-0.2, 0) is 4.79 Å². The van der Waals surface area contributed by atoms with Crippen LogP contribution in [0.3, 0.4) is 0 Å². The van der Waals surface area contributed by atoms with Gasteiger partial charge in [-0.2, -0.15) is 0 Å². The van der Waals surface area contributed by atoms with Gasteiger partial charge in [-0.3, -0.25) is 4.79 Å². The largest absolute Gasteiger partial charge is 0.480 e. The molecule has 1 rings (SSSR count). The quantitative estimate of drug-likeness (QED) is 0.762. The van der Waals surface area contributed by atoms with Gasteiger partial charge in [-0.25, -0.2) is 0 Å². The van der Waals surface area contributed by atoms with Crippen molar-refractivity contribution < 1.29 is 9.90 Å². The fraction of sp³-hybridized carbons (Fsp3) is 0.462. The Bertz CT molecular complexity index is 343. The predicted octanol–water partition coefficient (Wildman–Crippen LogP) is 2.99. The molecule has 0 bridgehead atoms. The third kappa shape index (κ3) is 4.65. The molecule has 0 fully saturated rings. The van der Waals surface area contributed by atoms with Crippen molar-refractivity contribution in [2.45, 2.75) is 25.1 Å². The molecule has 0 amide bonds. The maximum atomic E-state index is 10.8. The fourth-order valence-corrected chi connectivity index (χ4v) is 1.75. The van der Waals surface area contributed by atoms with Crippen LogP contribution in [-0.4, -0.2) is 29.5 Å². The smallest absolute Gasteiger partial charge is 0.323 e. The third-order valence-electron chi connectivity index (χ3n) is 2.55. The van der Waals surface area contributed by atoms with Gasteiger partial charge >= 0.3 is 5.97 Å². The van der Waals surface area contributed by atoms with Crippen LogP contribution in [0.5, 0.6) is 0 Å². The summed E-state index contributed by atoms with van der Waals surface area (Å²) in [5, 5.41) is 7.98. The maximum Gasteiger partial charge on any atom is 0.323 e. The maximum absolute atomic E-state index is 10.8. The average molecular weight is 256 g/mol. The first kappa shape index (κ1) is 13.8. The Labute approximate surface area is 107 Å². The van der Waals surface area contributed by atoms with Gasteiger partial charge in [-0.05, 0) is 18.6 Å². The highest BCUT2D eigenvalue weighted by Gasteiger charge is 2.18. The van der Waals surface area contributed by atoms with Gasteiger partial charge < -0.3 is 10.0 Å². The zero-order chi connectivity index (χ0) is 12.7. The number of alkyl halides is 1. The van der Waals surface area contributed by atoms with E-state index in [1.807, 2.05) is 35.2 Å². The summed E-state index contributed by atoms with van der Waals surface area (Å²) < 4.78 is 0. The molecule has 1 unspecified atom stereocenters. The number of nitrogens with zero attached hydrogens (tertiary/aromatic N) is 1. The summed E-state index contributed by atoms with van der Waals surface area (Å²) in [5.41, 5.74) is 1.02. The van der Waals surface area contributed by atoms with Crippen molar-refractivity contribution in [2.24, 2.45) is 0 Å². The Morgan fingerprint density at radius 2 is 2.06 bits per heavy atom. The van der Waals surface area contributed by atoms with E-state index >= 15 is 0 Å². The van der Waals surface area contributed by atoms with E-state index in [1.54, 1.807) is 0 Å². The molecule has 0 aliphatic heterocycles. The Kier molecular flexibility index (Phi) is 5.84. The molecule has 1 aromatic carbocycles. The molecule has 0 saturated heterocycles. The number of anilines is 1. The lowest BCUT2D eigenvalue weighted by atomic mass is 10.2. The summed E-state index contributed by atoms with van der Waals surface area (Å²) in [6, 6.07) is 9.77. The van der Waals surface area contributed by atoms with Gasteiger partial charge in [0.05, 0.1) is 0 Å². The summed E-state index contributed by atoms with van der Waals surface area (Å²) in [6.07, 6.45) is 2.10. The van der Waals surface area contributed by atoms with Crippen LogP contribution >= 0.6 is 11.6 Å². The average Bonchev–Trinajstić information content (AvgIpc) is 2.35. The number of para-hydroxylation sites is 1. The molecule has 17 heavy (non-hydrogen) atoms. The van der Waals surface area contributed by atoms with Crippen molar-refractivity contribution >= 4 is 23.3 Å². The number of halogens is 1. The Hall–Kier alpha value is -1.22. The van der Waals surface area contributed by atoms with Gasteiger partial charge in [0.2, 0.25) is 0 Å². The molecule has 0 aliphatic rings. The lowest BCUT2D eigenvalue weighted by molar-refractivity contribution is -0.136. The summed E-state index contributed by atoms with van der Waals surface area (Å²) in [6.45, 7) is 3.27. The van der Waals surface area contributed by atoms with E-state index in [0.29, 0.717) is 6.54 Å². The van der Waals surface area contributed by atoms with Crippen molar-refractivity contribution in [1.29, 1.82) is 0 Å². The summed E-state index contributed by atoms with van der Waals surface area (Å²) in [5.74, 6) is -0.968. The van der Waals surface area contributed by atoms with Crippen LogP contribution in [0.4, 0.5) is 5.69 Å². The topological polar surface area (TPSA) is 40.5 Å². The van der Waals surface area contributed by atoms with Crippen LogP contribution < -0.4 is 4.90 Å². The second kappa shape index (κ2) is 7.17. The van der Waals surface area contributed by atoms with Crippen LogP contribution in [0.25, 0.3) is 0 Å². The Balaban J connectivity index is 2.70. The zero-order valence-electron chi connectivity index (χ0n) is 9.97. The number of benzene rings is 1. The first-order valence-corrected chi connectivity index (χ1v) is 6.25. The highest BCUT2D eigenvalue weighted by molar-refractivity contribution is 6.30. The highest BCUT2D eigenvalue weighted by Crippen LogP contribution is 2.16. The third-order valence-corrected chi connectivity index (χ3v) is 2.88. The van der Waals surface area contributed by atoms with Gasteiger partial charge in [0.15, 0.2) is 0 Å². The SMILES string of the molecule is CCCCN(CC(Cl)C(=O)O)c1ccccc1. The summed E-state index contributed by atoms with van der Waals surface area (Å²) in [7, 11) is 0. The number of carboxylic acid groups (broad SMARTS) is 1. The van der Waals surface area contributed by atoms with E-state index in [4.69, 9.17) is 16.7 Å². The molecular formula is C13H18ClNO2. The van der Waals surface area contributed by atoms with E-state index in [9.17, 15) is 4.79 Å². The zero-order valence-corrected chi connectivity index (χ0v) is 10.7. The van der Waals surface area contributed by atoms with E-state index in [2.05, 4.69) is 6.92 Å². The van der Waals surface area contributed by atoms with Gasteiger partial charge in [0, 0.05) is 18.8 Å². The number of aliphatic carboxylic acids is 1. The van der Waals surface area contributed by atoms with Gasteiger partial charge in [0.1, 0.15) is 5.38 Å². The standard InChI is InChI=1S/C13H18ClNO2/c1-2-3-9-15(10-12(14)13(16)17)11-7-5-4-6-8-11/h4-8,12H,2-3,9-10H2,1H3,(H,16,17).